The van der Waals surface area contributed by atoms with Gasteiger partial charge in [-0.25, -0.2) is 0 Å². The number of carbonyl (C=O) groups excluding carboxylic acids is 3. The number of aryl methyl sites for hydroxylation is 3. The van der Waals surface area contributed by atoms with Crippen molar-refractivity contribution >= 4 is 17.9 Å². The Hall–Kier alpha value is -3.41. The Morgan fingerprint density at radius 2 is 0.650 bits per heavy atom. The molecule has 0 fully saturated rings. The third kappa shape index (κ3) is 15.2. The second-order valence-corrected chi connectivity index (χ2v) is 9.26. The van der Waals surface area contributed by atoms with E-state index in [-0.39, 0.29) is 33.8 Å². The Labute approximate surface area is 248 Å². The van der Waals surface area contributed by atoms with Gasteiger partial charge in [0.05, 0.1) is 17.9 Å². The topological polar surface area (TPSA) is 120 Å². The molecule has 7 heteroatoms. The molecule has 0 aliphatic rings. The Kier molecular flexibility index (Phi) is 19.6. The van der Waals surface area contributed by atoms with E-state index in [1.165, 1.54) is 16.7 Å². The first-order chi connectivity index (χ1) is 18.7. The Bertz CT molecular complexity index is 977. The van der Waals surface area contributed by atoms with Crippen molar-refractivity contribution < 1.29 is 46.8 Å². The van der Waals surface area contributed by atoms with Crippen molar-refractivity contribution in [3.63, 3.8) is 0 Å². The first-order valence-corrected chi connectivity index (χ1v) is 13.6. The summed E-state index contributed by atoms with van der Waals surface area (Å²) in [6.07, 6.45) is 9.95. The zero-order valence-electron chi connectivity index (χ0n) is 23.6. The molecule has 0 N–H and O–H groups in total. The summed E-state index contributed by atoms with van der Waals surface area (Å²) in [6, 6.07) is 20.7. The number of hydrogen-bond acceptors (Lipinski definition) is 6. The van der Waals surface area contributed by atoms with Crippen molar-refractivity contribution in [2.75, 3.05) is 0 Å². The van der Waals surface area contributed by atoms with E-state index in [9.17, 15) is 29.7 Å². The van der Waals surface area contributed by atoms with Crippen LogP contribution in [0.25, 0.3) is 0 Å². The van der Waals surface area contributed by atoms with Crippen LogP contribution in [-0.4, -0.2) is 17.9 Å². The van der Waals surface area contributed by atoms with Gasteiger partial charge in [-0.3, -0.25) is 0 Å². The third-order valence-corrected chi connectivity index (χ3v) is 6.03. The van der Waals surface area contributed by atoms with Crippen molar-refractivity contribution in [3.8, 4) is 0 Å². The van der Waals surface area contributed by atoms with Crippen molar-refractivity contribution in [2.45, 2.75) is 78.6 Å². The molecule has 0 amide bonds. The molecule has 3 aromatic rings. The second kappa shape index (κ2) is 21.4. The Morgan fingerprint density at radius 1 is 0.450 bits per heavy atom. The number of carbonyl (C=O) groups is 3. The number of rotatable bonds is 12. The van der Waals surface area contributed by atoms with Gasteiger partial charge in [0.1, 0.15) is 0 Å². The smallest absolute Gasteiger partial charge is 0.545 e. The van der Waals surface area contributed by atoms with Gasteiger partial charge < -0.3 is 29.7 Å². The van der Waals surface area contributed by atoms with Crippen molar-refractivity contribution in [3.05, 3.63) is 106 Å². The van der Waals surface area contributed by atoms with Gasteiger partial charge in [0.15, 0.2) is 0 Å². The van der Waals surface area contributed by atoms with Crippen molar-refractivity contribution in [1.29, 1.82) is 0 Å². The number of hydrogen-bond donors (Lipinski definition) is 0. The molecule has 0 heterocycles. The van der Waals surface area contributed by atoms with E-state index in [0.717, 1.165) is 57.8 Å². The van der Waals surface area contributed by atoms with E-state index in [1.54, 1.807) is 36.4 Å². The molecule has 6 nitrogen and oxygen atoms in total. The van der Waals surface area contributed by atoms with Crippen LogP contribution in [0.4, 0.5) is 0 Å². The van der Waals surface area contributed by atoms with Crippen LogP contribution in [-0.2, 0) is 36.3 Å². The second-order valence-electron chi connectivity index (χ2n) is 9.26. The quantitative estimate of drug-likeness (QED) is 0.293. The summed E-state index contributed by atoms with van der Waals surface area (Å²) in [6.45, 7) is 6.40. The van der Waals surface area contributed by atoms with E-state index in [2.05, 4.69) is 20.8 Å². The van der Waals surface area contributed by atoms with Crippen LogP contribution >= 0.6 is 0 Å². The van der Waals surface area contributed by atoms with Crippen LogP contribution in [0.1, 0.15) is 107 Å². The minimum absolute atomic E-state index is 0. The molecule has 0 saturated carbocycles. The molecular weight excluding hydrogens is 548 g/mol. The molecule has 40 heavy (non-hydrogen) atoms. The summed E-state index contributed by atoms with van der Waals surface area (Å²) in [5, 5.41) is 31.2. The van der Waals surface area contributed by atoms with Crippen LogP contribution in [0.3, 0.4) is 0 Å². The van der Waals surface area contributed by atoms with Gasteiger partial charge in [-0.2, -0.15) is 0 Å². The van der Waals surface area contributed by atoms with Crippen LogP contribution in [0.5, 0.6) is 0 Å². The summed E-state index contributed by atoms with van der Waals surface area (Å²) in [7, 11) is 0. The Balaban J connectivity index is 0.000000563. The largest absolute Gasteiger partial charge is 3.00 e. The van der Waals surface area contributed by atoms with Crippen LogP contribution in [0, 0.1) is 0 Å². The minimum Gasteiger partial charge on any atom is -0.545 e. The first-order valence-electron chi connectivity index (χ1n) is 13.6. The number of unbranched alkanes of at least 4 members (excludes halogenated alkanes) is 3. The van der Waals surface area contributed by atoms with Gasteiger partial charge in [-0.15, -0.1) is 0 Å². The van der Waals surface area contributed by atoms with Crippen molar-refractivity contribution in [1.82, 2.24) is 0 Å². The summed E-state index contributed by atoms with van der Waals surface area (Å²) < 4.78 is 0. The zero-order chi connectivity index (χ0) is 29.0. The molecule has 0 unspecified atom stereocenters. The van der Waals surface area contributed by atoms with Crippen LogP contribution < -0.4 is 15.3 Å². The molecule has 0 aliphatic carbocycles. The van der Waals surface area contributed by atoms with E-state index in [0.29, 0.717) is 0 Å². The molecule has 0 saturated heterocycles. The average molecular weight is 588 g/mol. The number of benzene rings is 3. The zero-order valence-corrected chi connectivity index (χ0v) is 24.7. The predicted octanol–water partition coefficient (Wildman–Crippen LogP) is 4.18. The summed E-state index contributed by atoms with van der Waals surface area (Å²) in [5.41, 5.74) is 4.31. The van der Waals surface area contributed by atoms with Gasteiger partial charge in [0.25, 0.3) is 0 Å². The molecule has 3 rings (SSSR count). The first kappa shape index (κ1) is 36.6. The molecular formula is C33H39FeO6. The monoisotopic (exact) mass is 587 g/mol. The molecule has 215 valence electrons. The summed E-state index contributed by atoms with van der Waals surface area (Å²) >= 11 is 0. The van der Waals surface area contributed by atoms with E-state index < -0.39 is 17.9 Å². The fourth-order valence-electron chi connectivity index (χ4n) is 3.57. The Morgan fingerprint density at radius 3 is 0.800 bits per heavy atom. The third-order valence-electron chi connectivity index (χ3n) is 6.03. The maximum Gasteiger partial charge on any atom is 3.00 e. The van der Waals surface area contributed by atoms with Gasteiger partial charge in [-0.05, 0) is 71.9 Å². The van der Waals surface area contributed by atoms with Gasteiger partial charge in [0.2, 0.25) is 0 Å². The molecule has 0 atom stereocenters. The van der Waals surface area contributed by atoms with E-state index in [4.69, 9.17) is 0 Å². The van der Waals surface area contributed by atoms with E-state index in [1.807, 2.05) is 36.4 Å². The number of aromatic carboxylic acids is 3. The van der Waals surface area contributed by atoms with Gasteiger partial charge in [-0.1, -0.05) is 113 Å². The normalized spacial score (nSPS) is 9.68. The SMILES string of the molecule is CCCCc1ccc(C(=O)[O-])cc1.CCCCc1ccc(C(=O)[O-])cc1.CCCCc1ccc(C(=O)[O-])cc1.[Fe+3]. The minimum atomic E-state index is -1.11. The van der Waals surface area contributed by atoms with Crippen LogP contribution in [0.2, 0.25) is 0 Å². The predicted molar refractivity (Wildman–Crippen MR) is 148 cm³/mol. The molecule has 0 spiro atoms. The van der Waals surface area contributed by atoms with E-state index >= 15 is 0 Å². The van der Waals surface area contributed by atoms with Crippen LogP contribution in [0.15, 0.2) is 72.8 Å². The summed E-state index contributed by atoms with van der Waals surface area (Å²) in [5.74, 6) is -3.33. The molecule has 3 aromatic carbocycles. The maximum atomic E-state index is 10.4. The average Bonchev–Trinajstić information content (AvgIpc) is 2.95. The summed E-state index contributed by atoms with van der Waals surface area (Å²) in [4.78, 5) is 31.2. The standard InChI is InChI=1S/3C11H14O2.Fe/c3*1-2-3-4-9-5-7-10(8-6-9)11(12)13;/h3*5-8H,2-4H2,1H3,(H,12,13);/q;;;+3/p-3. The van der Waals surface area contributed by atoms with Gasteiger partial charge >= 0.3 is 17.1 Å². The molecule has 0 aliphatic heterocycles. The van der Waals surface area contributed by atoms with Crippen molar-refractivity contribution in [2.24, 2.45) is 0 Å². The van der Waals surface area contributed by atoms with Gasteiger partial charge in [0, 0.05) is 0 Å². The molecule has 0 bridgehead atoms. The molecule has 0 aromatic heterocycles. The number of carboxylic acids is 3. The molecule has 1 radical (unpaired) electrons. The fraction of sp³-hybridized carbons (Fsp3) is 0.364. The fourth-order valence-corrected chi connectivity index (χ4v) is 3.57. The number of carboxylic acid groups (broad SMARTS) is 3. The maximum absolute atomic E-state index is 10.4.